The molecule has 5 aliphatic rings. The molecule has 140 valence electrons. The van der Waals surface area contributed by atoms with Gasteiger partial charge >= 0.3 is 0 Å². The largest absolute Gasteiger partial charge is 0.353 e. The molecule has 0 radical (unpaired) electrons. The van der Waals surface area contributed by atoms with Gasteiger partial charge in [-0.25, -0.2) is 4.98 Å². The summed E-state index contributed by atoms with van der Waals surface area (Å²) in [6, 6.07) is 6.04. The van der Waals surface area contributed by atoms with E-state index in [-0.39, 0.29) is 5.41 Å². The molecule has 2 heterocycles. The normalized spacial score (nSPS) is 38.7. The third-order valence-corrected chi connectivity index (χ3v) is 8.17. The van der Waals surface area contributed by atoms with Crippen LogP contribution in [-0.2, 0) is 4.79 Å². The molecule has 1 aromatic rings. The van der Waals surface area contributed by atoms with Crippen LogP contribution in [0.25, 0.3) is 0 Å². The highest BCUT2D eigenvalue weighted by Gasteiger charge is 2.57. The van der Waals surface area contributed by atoms with Crippen LogP contribution in [0.2, 0.25) is 0 Å². The molecule has 5 heteroatoms. The summed E-state index contributed by atoms with van der Waals surface area (Å²) < 4.78 is 0.342. The fourth-order valence-corrected chi connectivity index (χ4v) is 8.21. The average Bonchev–Trinajstić information content (AvgIpc) is 2.60. The number of pyridine rings is 1. The third kappa shape index (κ3) is 3.06. The second-order valence-corrected chi connectivity index (χ2v) is 11.0. The van der Waals surface area contributed by atoms with Crippen molar-refractivity contribution < 1.29 is 4.79 Å². The summed E-state index contributed by atoms with van der Waals surface area (Å²) in [5.74, 6) is 3.12. The van der Waals surface area contributed by atoms with Crippen LogP contribution < -0.4 is 4.90 Å². The molecular formula is C21H28BrN3O. The number of amides is 1. The van der Waals surface area contributed by atoms with E-state index < -0.39 is 0 Å². The smallest absolute Gasteiger partial charge is 0.223 e. The quantitative estimate of drug-likeness (QED) is 0.700. The molecule has 1 aliphatic heterocycles. The summed E-state index contributed by atoms with van der Waals surface area (Å²) in [6.07, 6.45) is 10.5. The molecule has 1 amide bonds. The van der Waals surface area contributed by atoms with Crippen molar-refractivity contribution in [3.8, 4) is 0 Å². The highest BCUT2D eigenvalue weighted by molar-refractivity contribution is 9.10. The first-order valence-corrected chi connectivity index (χ1v) is 10.9. The average molecular weight is 418 g/mol. The van der Waals surface area contributed by atoms with E-state index in [0.717, 1.165) is 50.3 Å². The monoisotopic (exact) mass is 417 g/mol. The summed E-state index contributed by atoms with van der Waals surface area (Å²) in [5.41, 5.74) is 0.281. The van der Waals surface area contributed by atoms with Crippen molar-refractivity contribution in [2.75, 3.05) is 31.1 Å². The van der Waals surface area contributed by atoms with Gasteiger partial charge < -0.3 is 9.80 Å². The SMILES string of the molecule is O=C(CC12C[C@@H]3C[C@@H](CC(Br)(C3)C1)C2)N1CCN(c2ccccn2)CC1. The van der Waals surface area contributed by atoms with Crippen molar-refractivity contribution in [2.45, 2.75) is 49.3 Å². The van der Waals surface area contributed by atoms with Gasteiger partial charge in [-0.15, -0.1) is 0 Å². The fraction of sp³-hybridized carbons (Fsp3) is 0.714. The van der Waals surface area contributed by atoms with Gasteiger partial charge in [0.05, 0.1) is 0 Å². The van der Waals surface area contributed by atoms with Crippen LogP contribution in [0.4, 0.5) is 5.82 Å². The summed E-state index contributed by atoms with van der Waals surface area (Å²) >= 11 is 4.07. The van der Waals surface area contributed by atoms with Crippen LogP contribution in [0.3, 0.4) is 0 Å². The lowest BCUT2D eigenvalue weighted by Gasteiger charge is -2.60. The Morgan fingerprint density at radius 2 is 1.85 bits per heavy atom. The lowest BCUT2D eigenvalue weighted by molar-refractivity contribution is -0.138. The lowest BCUT2D eigenvalue weighted by atomic mass is 9.48. The first-order chi connectivity index (χ1) is 12.5. The van der Waals surface area contributed by atoms with Gasteiger partial charge in [-0.2, -0.15) is 0 Å². The Kier molecular flexibility index (Phi) is 4.07. The molecule has 4 atom stereocenters. The number of piperazine rings is 1. The van der Waals surface area contributed by atoms with Crippen molar-refractivity contribution in [3.05, 3.63) is 24.4 Å². The van der Waals surface area contributed by atoms with Gasteiger partial charge in [-0.1, -0.05) is 22.0 Å². The van der Waals surface area contributed by atoms with E-state index in [1.807, 2.05) is 18.3 Å². The number of aromatic nitrogens is 1. The van der Waals surface area contributed by atoms with Crippen LogP contribution in [0, 0.1) is 17.3 Å². The number of rotatable bonds is 3. The number of carbonyl (C=O) groups is 1. The Morgan fingerprint density at radius 3 is 2.46 bits per heavy atom. The topological polar surface area (TPSA) is 36.4 Å². The molecule has 6 rings (SSSR count). The Balaban J connectivity index is 1.22. The molecule has 4 nitrogen and oxygen atoms in total. The van der Waals surface area contributed by atoms with Gasteiger partial charge in [0.2, 0.25) is 5.91 Å². The zero-order valence-corrected chi connectivity index (χ0v) is 17.0. The van der Waals surface area contributed by atoms with Crippen LogP contribution in [0.5, 0.6) is 0 Å². The Hall–Kier alpha value is -1.10. The maximum atomic E-state index is 13.1. The minimum absolute atomic E-state index is 0.281. The van der Waals surface area contributed by atoms with Crippen LogP contribution in [0.1, 0.15) is 44.9 Å². The minimum atomic E-state index is 0.281. The van der Waals surface area contributed by atoms with Gasteiger partial charge in [0.15, 0.2) is 0 Å². The highest BCUT2D eigenvalue weighted by atomic mass is 79.9. The second-order valence-electron chi connectivity index (χ2n) is 9.34. The molecule has 1 aromatic heterocycles. The van der Waals surface area contributed by atoms with Crippen molar-refractivity contribution in [2.24, 2.45) is 17.3 Å². The molecule has 4 saturated carbocycles. The van der Waals surface area contributed by atoms with Gasteiger partial charge in [0.25, 0.3) is 0 Å². The number of hydrogen-bond donors (Lipinski definition) is 0. The molecule has 4 bridgehead atoms. The van der Waals surface area contributed by atoms with Gasteiger partial charge in [-0.05, 0) is 67.9 Å². The van der Waals surface area contributed by atoms with Crippen LogP contribution in [-0.4, -0.2) is 46.3 Å². The number of carbonyl (C=O) groups excluding carboxylic acids is 1. The maximum Gasteiger partial charge on any atom is 0.223 e. The molecule has 0 spiro atoms. The molecule has 1 saturated heterocycles. The fourth-order valence-electron chi connectivity index (χ4n) is 6.70. The molecule has 0 N–H and O–H groups in total. The second kappa shape index (κ2) is 6.22. The molecular weight excluding hydrogens is 390 g/mol. The summed E-state index contributed by atoms with van der Waals surface area (Å²) in [7, 11) is 0. The Bertz CT molecular complexity index is 672. The predicted molar refractivity (Wildman–Crippen MR) is 106 cm³/mol. The third-order valence-electron chi connectivity index (χ3n) is 7.24. The summed E-state index contributed by atoms with van der Waals surface area (Å²) in [5, 5.41) is 0. The van der Waals surface area contributed by atoms with E-state index >= 15 is 0 Å². The van der Waals surface area contributed by atoms with Gasteiger partial charge in [-0.3, -0.25) is 4.79 Å². The Morgan fingerprint density at radius 1 is 1.12 bits per heavy atom. The van der Waals surface area contributed by atoms with Crippen molar-refractivity contribution >= 4 is 27.7 Å². The zero-order valence-electron chi connectivity index (χ0n) is 15.4. The van der Waals surface area contributed by atoms with Crippen LogP contribution >= 0.6 is 15.9 Å². The van der Waals surface area contributed by atoms with Crippen molar-refractivity contribution in [1.82, 2.24) is 9.88 Å². The molecule has 26 heavy (non-hydrogen) atoms. The first kappa shape index (κ1) is 17.0. The number of anilines is 1. The van der Waals surface area contributed by atoms with E-state index in [4.69, 9.17) is 0 Å². The van der Waals surface area contributed by atoms with E-state index in [1.165, 1.54) is 38.5 Å². The predicted octanol–water partition coefficient (Wildman–Crippen LogP) is 3.85. The van der Waals surface area contributed by atoms with Crippen molar-refractivity contribution in [3.63, 3.8) is 0 Å². The molecule has 5 fully saturated rings. The van der Waals surface area contributed by atoms with E-state index in [1.54, 1.807) is 0 Å². The molecule has 4 aliphatic carbocycles. The summed E-state index contributed by atoms with van der Waals surface area (Å²) in [6.45, 7) is 3.45. The van der Waals surface area contributed by atoms with E-state index in [9.17, 15) is 4.79 Å². The number of halogens is 1. The van der Waals surface area contributed by atoms with Gasteiger partial charge in [0, 0.05) is 43.1 Å². The lowest BCUT2D eigenvalue weighted by Crippen LogP contribution is -2.55. The van der Waals surface area contributed by atoms with E-state index in [0.29, 0.717) is 10.2 Å². The number of alkyl halides is 1. The number of nitrogens with zero attached hydrogens (tertiary/aromatic N) is 3. The first-order valence-electron chi connectivity index (χ1n) is 10.2. The number of hydrogen-bond acceptors (Lipinski definition) is 3. The van der Waals surface area contributed by atoms with Crippen LogP contribution in [0.15, 0.2) is 24.4 Å². The maximum absolute atomic E-state index is 13.1. The van der Waals surface area contributed by atoms with Crippen molar-refractivity contribution in [1.29, 1.82) is 0 Å². The Labute approximate surface area is 164 Å². The van der Waals surface area contributed by atoms with E-state index in [2.05, 4.69) is 36.8 Å². The molecule has 2 unspecified atom stereocenters. The molecule has 0 aromatic carbocycles. The standard InChI is InChI=1S/C21H28BrN3O/c22-21-12-16-9-17(13-21)11-20(10-16,15-21)14-19(26)25-7-5-24(6-8-25)18-3-1-2-4-23-18/h1-4,16-17H,5-15H2/t16-,17+,20?,21?. The zero-order chi connectivity index (χ0) is 17.8. The minimum Gasteiger partial charge on any atom is -0.353 e. The highest BCUT2D eigenvalue weighted by Crippen LogP contribution is 2.65. The summed E-state index contributed by atoms with van der Waals surface area (Å²) in [4.78, 5) is 22.0. The van der Waals surface area contributed by atoms with Gasteiger partial charge in [0.1, 0.15) is 5.82 Å².